The molecule has 0 bridgehead atoms. The number of carboxylic acid groups (broad SMARTS) is 1. The lowest BCUT2D eigenvalue weighted by Gasteiger charge is -1.86. The fourth-order valence-corrected chi connectivity index (χ4v) is 3.61. The molecule has 2 aromatic heterocycles. The average Bonchev–Trinajstić information content (AvgIpc) is 2.91. The van der Waals surface area contributed by atoms with Gasteiger partial charge in [0.05, 0.1) is 4.88 Å². The summed E-state index contributed by atoms with van der Waals surface area (Å²) in [7, 11) is 0. The van der Waals surface area contributed by atoms with Crippen LogP contribution in [0.25, 0.3) is 20.0 Å². The van der Waals surface area contributed by atoms with E-state index in [0.29, 0.717) is 5.01 Å². The number of hydrogen-bond donors (Lipinski definition) is 2. The molecule has 4 nitrogen and oxygen atoms in total. The van der Waals surface area contributed by atoms with Crippen LogP contribution >= 0.6 is 22.7 Å². The number of aromatic carboxylic acids is 1. The SMILES string of the molecule is Nc1sc(-c2cc3ccccc3s2)nc1C(=O)O. The molecule has 0 unspecified atom stereocenters. The van der Waals surface area contributed by atoms with E-state index in [9.17, 15) is 4.79 Å². The highest BCUT2D eigenvalue weighted by Gasteiger charge is 2.17. The number of hydrogen-bond acceptors (Lipinski definition) is 5. The summed E-state index contributed by atoms with van der Waals surface area (Å²) in [5, 5.41) is 11.0. The molecule has 0 spiro atoms. The molecule has 3 rings (SSSR count). The van der Waals surface area contributed by atoms with Gasteiger partial charge in [0.15, 0.2) is 5.69 Å². The number of nitrogens with zero attached hydrogens (tertiary/aromatic N) is 1. The van der Waals surface area contributed by atoms with E-state index in [1.807, 2.05) is 30.3 Å². The molecule has 3 aromatic rings. The third kappa shape index (κ3) is 1.75. The number of thiazole rings is 1. The van der Waals surface area contributed by atoms with Crippen molar-refractivity contribution >= 4 is 43.7 Å². The smallest absolute Gasteiger partial charge is 0.357 e. The quantitative estimate of drug-likeness (QED) is 0.753. The number of anilines is 1. The van der Waals surface area contributed by atoms with Crippen LogP contribution in [-0.2, 0) is 0 Å². The van der Waals surface area contributed by atoms with E-state index in [0.717, 1.165) is 15.0 Å². The Morgan fingerprint density at radius 2 is 2.06 bits per heavy atom. The zero-order chi connectivity index (χ0) is 12.7. The molecule has 0 saturated carbocycles. The highest BCUT2D eigenvalue weighted by molar-refractivity contribution is 7.27. The van der Waals surface area contributed by atoms with E-state index in [4.69, 9.17) is 10.8 Å². The van der Waals surface area contributed by atoms with Crippen LogP contribution in [0.1, 0.15) is 10.5 Å². The molecule has 90 valence electrons. The lowest BCUT2D eigenvalue weighted by Crippen LogP contribution is -2.00. The maximum atomic E-state index is 10.9. The first-order valence-electron chi connectivity index (χ1n) is 5.13. The molecule has 0 aliphatic rings. The second-order valence-corrected chi connectivity index (χ2v) is 5.80. The summed E-state index contributed by atoms with van der Waals surface area (Å²) in [5.74, 6) is -1.09. The van der Waals surface area contributed by atoms with Gasteiger partial charge in [0.25, 0.3) is 0 Å². The van der Waals surface area contributed by atoms with E-state index >= 15 is 0 Å². The van der Waals surface area contributed by atoms with Crippen molar-refractivity contribution in [3.8, 4) is 9.88 Å². The number of thiophene rings is 1. The van der Waals surface area contributed by atoms with Gasteiger partial charge < -0.3 is 10.8 Å². The highest BCUT2D eigenvalue weighted by Crippen LogP contribution is 2.37. The first kappa shape index (κ1) is 11.2. The molecule has 6 heteroatoms. The van der Waals surface area contributed by atoms with Crippen LogP contribution in [0.3, 0.4) is 0 Å². The Kier molecular flexibility index (Phi) is 2.53. The van der Waals surface area contributed by atoms with Gasteiger partial charge in [0.2, 0.25) is 0 Å². The van der Waals surface area contributed by atoms with Crippen LogP contribution in [0, 0.1) is 0 Å². The molecule has 3 N–H and O–H groups in total. The maximum absolute atomic E-state index is 10.9. The molecular weight excluding hydrogens is 268 g/mol. The van der Waals surface area contributed by atoms with Crippen molar-refractivity contribution in [3.05, 3.63) is 36.0 Å². The van der Waals surface area contributed by atoms with Gasteiger partial charge in [-0.05, 0) is 17.5 Å². The van der Waals surface area contributed by atoms with Gasteiger partial charge in [0.1, 0.15) is 10.0 Å². The minimum absolute atomic E-state index is 0.0625. The first-order chi connectivity index (χ1) is 8.65. The molecule has 0 fully saturated rings. The lowest BCUT2D eigenvalue weighted by molar-refractivity contribution is 0.0692. The van der Waals surface area contributed by atoms with E-state index in [-0.39, 0.29) is 10.7 Å². The minimum atomic E-state index is -1.09. The number of aromatic nitrogens is 1. The average molecular weight is 276 g/mol. The van der Waals surface area contributed by atoms with Gasteiger partial charge in [-0.15, -0.1) is 11.3 Å². The van der Waals surface area contributed by atoms with Crippen LogP contribution in [0.15, 0.2) is 30.3 Å². The number of nitrogen functional groups attached to an aromatic ring is 1. The Bertz CT molecular complexity index is 712. The molecule has 0 amide bonds. The summed E-state index contributed by atoms with van der Waals surface area (Å²) in [4.78, 5) is 15.9. The van der Waals surface area contributed by atoms with Gasteiger partial charge >= 0.3 is 5.97 Å². The summed E-state index contributed by atoms with van der Waals surface area (Å²) in [6.07, 6.45) is 0. The van der Waals surface area contributed by atoms with Crippen molar-refractivity contribution in [2.75, 3.05) is 5.73 Å². The Morgan fingerprint density at radius 3 is 2.72 bits per heavy atom. The van der Waals surface area contributed by atoms with Gasteiger partial charge in [-0.25, -0.2) is 9.78 Å². The minimum Gasteiger partial charge on any atom is -0.476 e. The van der Waals surface area contributed by atoms with E-state index in [2.05, 4.69) is 4.98 Å². The number of carbonyl (C=O) groups is 1. The Morgan fingerprint density at radius 1 is 1.28 bits per heavy atom. The predicted molar refractivity (Wildman–Crippen MR) is 74.3 cm³/mol. The van der Waals surface area contributed by atoms with Crippen LogP contribution < -0.4 is 5.73 Å². The molecular formula is C12H8N2O2S2. The highest BCUT2D eigenvalue weighted by atomic mass is 32.1. The second-order valence-electron chi connectivity index (χ2n) is 3.69. The molecule has 2 heterocycles. The topological polar surface area (TPSA) is 76.2 Å². The van der Waals surface area contributed by atoms with Crippen LogP contribution in [-0.4, -0.2) is 16.1 Å². The van der Waals surface area contributed by atoms with Crippen molar-refractivity contribution < 1.29 is 9.90 Å². The fraction of sp³-hybridized carbons (Fsp3) is 0. The zero-order valence-corrected chi connectivity index (χ0v) is 10.7. The zero-order valence-electron chi connectivity index (χ0n) is 9.08. The van der Waals surface area contributed by atoms with Gasteiger partial charge in [-0.2, -0.15) is 0 Å². The van der Waals surface area contributed by atoms with Gasteiger partial charge in [0, 0.05) is 4.70 Å². The van der Waals surface area contributed by atoms with Crippen LogP contribution in [0.2, 0.25) is 0 Å². The Hall–Kier alpha value is -1.92. The second kappa shape index (κ2) is 4.08. The standard InChI is InChI=1S/C12H8N2O2S2/c13-10-9(12(15)16)14-11(18-10)8-5-6-3-1-2-4-7(6)17-8/h1-5H,13H2,(H,15,16). The van der Waals surface area contributed by atoms with Crippen molar-refractivity contribution in [1.29, 1.82) is 0 Å². The number of fused-ring (bicyclic) bond motifs is 1. The summed E-state index contributed by atoms with van der Waals surface area (Å²) < 4.78 is 1.15. The molecule has 0 atom stereocenters. The van der Waals surface area contributed by atoms with Crippen LogP contribution in [0.4, 0.5) is 5.00 Å². The number of rotatable bonds is 2. The van der Waals surface area contributed by atoms with Gasteiger partial charge in [-0.1, -0.05) is 29.5 Å². The number of benzene rings is 1. The number of nitrogens with two attached hydrogens (primary N) is 1. The van der Waals surface area contributed by atoms with Crippen LogP contribution in [0.5, 0.6) is 0 Å². The molecule has 0 aliphatic heterocycles. The molecule has 1 aromatic carbocycles. The van der Waals surface area contributed by atoms with Crippen molar-refractivity contribution in [2.24, 2.45) is 0 Å². The first-order valence-corrected chi connectivity index (χ1v) is 6.77. The van der Waals surface area contributed by atoms with E-state index in [1.54, 1.807) is 11.3 Å². The van der Waals surface area contributed by atoms with Crippen molar-refractivity contribution in [3.63, 3.8) is 0 Å². The molecule has 0 saturated heterocycles. The third-order valence-corrected chi connectivity index (χ3v) is 4.66. The maximum Gasteiger partial charge on any atom is 0.357 e. The summed E-state index contributed by atoms with van der Waals surface area (Å²) >= 11 is 2.79. The summed E-state index contributed by atoms with van der Waals surface area (Å²) in [6, 6.07) is 9.99. The number of carboxylic acids is 1. The lowest BCUT2D eigenvalue weighted by atomic mass is 10.2. The summed E-state index contributed by atoms with van der Waals surface area (Å²) in [6.45, 7) is 0. The Balaban J connectivity index is 2.14. The Labute approximate surface area is 110 Å². The molecule has 0 aliphatic carbocycles. The fourth-order valence-electron chi connectivity index (χ4n) is 1.68. The molecule has 0 radical (unpaired) electrons. The van der Waals surface area contributed by atoms with E-state index < -0.39 is 5.97 Å². The summed E-state index contributed by atoms with van der Waals surface area (Å²) in [5.41, 5.74) is 5.59. The monoisotopic (exact) mass is 276 g/mol. The largest absolute Gasteiger partial charge is 0.476 e. The third-order valence-electron chi connectivity index (χ3n) is 2.49. The normalized spacial score (nSPS) is 10.9. The van der Waals surface area contributed by atoms with Crippen molar-refractivity contribution in [2.45, 2.75) is 0 Å². The van der Waals surface area contributed by atoms with Gasteiger partial charge in [-0.3, -0.25) is 0 Å². The van der Waals surface area contributed by atoms with E-state index in [1.165, 1.54) is 11.3 Å². The van der Waals surface area contributed by atoms with Crippen molar-refractivity contribution in [1.82, 2.24) is 4.98 Å². The molecule has 18 heavy (non-hydrogen) atoms. The predicted octanol–water partition coefficient (Wildman–Crippen LogP) is 3.31.